The van der Waals surface area contributed by atoms with Gasteiger partial charge in [0.25, 0.3) is 0 Å². The van der Waals surface area contributed by atoms with Crippen molar-refractivity contribution in [3.8, 4) is 0 Å². The first kappa shape index (κ1) is 17.1. The fraction of sp³-hybridized carbons (Fsp3) is 0.588. The Hall–Kier alpha value is -0.960. The molecule has 0 bridgehead atoms. The van der Waals surface area contributed by atoms with Gasteiger partial charge in [0.2, 0.25) is 5.91 Å². The Balaban J connectivity index is 2.10. The summed E-state index contributed by atoms with van der Waals surface area (Å²) >= 11 is 1.42. The largest absolute Gasteiger partial charge is 0.296 e. The first-order valence-electron chi connectivity index (χ1n) is 7.81. The topological polar surface area (TPSA) is 29.1 Å². The number of hydrogen-bond donors (Lipinski definition) is 1. The van der Waals surface area contributed by atoms with Crippen LogP contribution < -0.4 is 4.72 Å². The molecule has 1 aromatic carbocycles. The fourth-order valence-corrected chi connectivity index (χ4v) is 2.63. The summed E-state index contributed by atoms with van der Waals surface area (Å²) in [5.41, 5.74) is 1.33. The molecule has 1 rings (SSSR count). The van der Waals surface area contributed by atoms with E-state index in [0.29, 0.717) is 6.42 Å². The number of amides is 1. The third-order valence-electron chi connectivity index (χ3n) is 3.37. The number of unbranched alkanes of at least 4 members (excludes halogenated alkanes) is 5. The Bertz CT molecular complexity index is 375. The zero-order chi connectivity index (χ0) is 14.6. The monoisotopic (exact) mass is 293 g/mol. The fourth-order valence-electron chi connectivity index (χ4n) is 2.03. The first-order valence-corrected chi connectivity index (χ1v) is 8.62. The molecule has 3 heteroatoms. The summed E-state index contributed by atoms with van der Waals surface area (Å²) in [5.74, 6) is 0.144. The van der Waals surface area contributed by atoms with Gasteiger partial charge in [0.1, 0.15) is 0 Å². The average Bonchev–Trinajstić information content (AvgIpc) is 2.49. The molecule has 0 heterocycles. The third-order valence-corrected chi connectivity index (χ3v) is 4.21. The molecule has 0 atom stereocenters. The molecule has 0 aliphatic carbocycles. The van der Waals surface area contributed by atoms with Crippen LogP contribution in [0, 0.1) is 0 Å². The lowest BCUT2D eigenvalue weighted by molar-refractivity contribution is -0.119. The van der Waals surface area contributed by atoms with Gasteiger partial charge in [-0.25, -0.2) is 0 Å². The number of carbonyl (C=O) groups excluding carboxylic acids is 1. The summed E-state index contributed by atoms with van der Waals surface area (Å²) in [4.78, 5) is 12.8. The van der Waals surface area contributed by atoms with Gasteiger partial charge >= 0.3 is 0 Å². The minimum Gasteiger partial charge on any atom is -0.296 e. The van der Waals surface area contributed by atoms with Crippen LogP contribution in [0.25, 0.3) is 0 Å². The van der Waals surface area contributed by atoms with Crippen LogP contribution in [-0.2, 0) is 11.2 Å². The van der Waals surface area contributed by atoms with Crippen LogP contribution >= 0.6 is 11.9 Å². The second kappa shape index (κ2) is 10.8. The summed E-state index contributed by atoms with van der Waals surface area (Å²) in [7, 11) is 0. The van der Waals surface area contributed by atoms with Crippen molar-refractivity contribution in [3.63, 3.8) is 0 Å². The molecule has 1 N–H and O–H groups in total. The molecular formula is C17H27NOS. The highest BCUT2D eigenvalue weighted by Gasteiger charge is 2.02. The molecule has 1 aromatic rings. The van der Waals surface area contributed by atoms with Gasteiger partial charge in [-0.15, -0.1) is 0 Å². The lowest BCUT2D eigenvalue weighted by Crippen LogP contribution is -2.14. The van der Waals surface area contributed by atoms with Gasteiger partial charge in [0, 0.05) is 11.3 Å². The molecule has 0 spiro atoms. The Labute approximate surface area is 127 Å². The Morgan fingerprint density at radius 1 is 1.00 bits per heavy atom. The number of nitrogens with one attached hydrogen (secondary N) is 1. The Morgan fingerprint density at radius 3 is 2.30 bits per heavy atom. The molecule has 0 radical (unpaired) electrons. The standard InChI is InChI=1S/C17H27NOS/c1-3-5-6-7-8-9-10-17(19)18-20-16-13-11-15(4-2)12-14-16/h11-14H,3-10H2,1-2H3,(H,18,19). The van der Waals surface area contributed by atoms with E-state index >= 15 is 0 Å². The van der Waals surface area contributed by atoms with Crippen LogP contribution in [0.4, 0.5) is 0 Å². The quantitative estimate of drug-likeness (QED) is 0.479. The summed E-state index contributed by atoms with van der Waals surface area (Å²) in [6, 6.07) is 8.35. The van der Waals surface area contributed by atoms with Crippen LogP contribution in [-0.4, -0.2) is 5.91 Å². The minimum absolute atomic E-state index is 0.144. The number of hydrogen-bond acceptors (Lipinski definition) is 2. The van der Waals surface area contributed by atoms with E-state index in [0.717, 1.165) is 17.7 Å². The molecule has 0 aliphatic heterocycles. The average molecular weight is 293 g/mol. The van der Waals surface area contributed by atoms with Crippen LogP contribution in [0.15, 0.2) is 29.2 Å². The molecule has 0 unspecified atom stereocenters. The van der Waals surface area contributed by atoms with Crippen LogP contribution in [0.1, 0.15) is 64.4 Å². The normalized spacial score (nSPS) is 10.5. The second-order valence-corrected chi connectivity index (χ2v) is 6.02. The highest BCUT2D eigenvalue weighted by molar-refractivity contribution is 7.98. The molecule has 0 saturated heterocycles. The number of rotatable bonds is 10. The number of benzene rings is 1. The van der Waals surface area contributed by atoms with E-state index in [1.165, 1.54) is 49.6 Å². The van der Waals surface area contributed by atoms with E-state index in [1.807, 2.05) is 0 Å². The van der Waals surface area contributed by atoms with Crippen LogP contribution in [0.2, 0.25) is 0 Å². The van der Waals surface area contributed by atoms with Crippen molar-refractivity contribution in [2.45, 2.75) is 70.1 Å². The Kier molecular flexibility index (Phi) is 9.22. The molecule has 0 saturated carbocycles. The van der Waals surface area contributed by atoms with Crippen molar-refractivity contribution in [2.24, 2.45) is 0 Å². The van der Waals surface area contributed by atoms with Gasteiger partial charge in [-0.2, -0.15) is 0 Å². The van der Waals surface area contributed by atoms with E-state index in [2.05, 4.69) is 42.8 Å². The maximum absolute atomic E-state index is 11.7. The second-order valence-electron chi connectivity index (χ2n) is 5.14. The van der Waals surface area contributed by atoms with Crippen LogP contribution in [0.5, 0.6) is 0 Å². The van der Waals surface area contributed by atoms with Gasteiger partial charge in [-0.05, 0) is 42.5 Å². The Morgan fingerprint density at radius 2 is 1.65 bits per heavy atom. The van der Waals surface area contributed by atoms with Crippen molar-refractivity contribution in [1.82, 2.24) is 4.72 Å². The molecule has 1 amide bonds. The highest BCUT2D eigenvalue weighted by Crippen LogP contribution is 2.16. The first-order chi connectivity index (χ1) is 9.76. The van der Waals surface area contributed by atoms with Crippen molar-refractivity contribution in [2.75, 3.05) is 0 Å². The van der Waals surface area contributed by atoms with E-state index < -0.39 is 0 Å². The van der Waals surface area contributed by atoms with Gasteiger partial charge in [0.15, 0.2) is 0 Å². The smallest absolute Gasteiger partial charge is 0.230 e. The molecular weight excluding hydrogens is 266 g/mol. The van der Waals surface area contributed by atoms with Crippen molar-refractivity contribution in [3.05, 3.63) is 29.8 Å². The summed E-state index contributed by atoms with van der Waals surface area (Å²) in [5, 5.41) is 0. The predicted molar refractivity (Wildman–Crippen MR) is 87.8 cm³/mol. The number of aryl methyl sites for hydroxylation is 1. The van der Waals surface area contributed by atoms with Crippen molar-refractivity contribution in [1.29, 1.82) is 0 Å². The molecule has 112 valence electrons. The van der Waals surface area contributed by atoms with Crippen molar-refractivity contribution < 1.29 is 4.79 Å². The lowest BCUT2D eigenvalue weighted by Gasteiger charge is -2.05. The molecule has 0 aliphatic rings. The van der Waals surface area contributed by atoms with E-state index in [1.54, 1.807) is 0 Å². The zero-order valence-electron chi connectivity index (χ0n) is 12.8. The van der Waals surface area contributed by atoms with E-state index in [9.17, 15) is 4.79 Å². The molecule has 20 heavy (non-hydrogen) atoms. The van der Waals surface area contributed by atoms with Crippen molar-refractivity contribution >= 4 is 17.9 Å². The van der Waals surface area contributed by atoms with E-state index in [4.69, 9.17) is 0 Å². The summed E-state index contributed by atoms with van der Waals surface area (Å²) < 4.78 is 2.92. The van der Waals surface area contributed by atoms with E-state index in [-0.39, 0.29) is 5.91 Å². The molecule has 2 nitrogen and oxygen atoms in total. The maximum Gasteiger partial charge on any atom is 0.230 e. The number of carbonyl (C=O) groups is 1. The van der Waals surface area contributed by atoms with Gasteiger partial charge in [-0.3, -0.25) is 9.52 Å². The third kappa shape index (κ3) is 7.59. The summed E-state index contributed by atoms with van der Waals surface area (Å²) in [6.45, 7) is 4.36. The minimum atomic E-state index is 0.144. The van der Waals surface area contributed by atoms with Gasteiger partial charge < -0.3 is 0 Å². The molecule has 0 fully saturated rings. The zero-order valence-corrected chi connectivity index (χ0v) is 13.6. The lowest BCUT2D eigenvalue weighted by atomic mass is 10.1. The van der Waals surface area contributed by atoms with Gasteiger partial charge in [0.05, 0.1) is 0 Å². The van der Waals surface area contributed by atoms with Gasteiger partial charge in [-0.1, -0.05) is 58.1 Å². The maximum atomic E-state index is 11.7. The predicted octanol–water partition coefficient (Wildman–Crippen LogP) is 5.12. The summed E-state index contributed by atoms with van der Waals surface area (Å²) in [6.07, 6.45) is 9.02. The molecule has 0 aromatic heterocycles. The highest BCUT2D eigenvalue weighted by atomic mass is 32.2. The SMILES string of the molecule is CCCCCCCCC(=O)NSc1ccc(CC)cc1. The van der Waals surface area contributed by atoms with Crippen LogP contribution in [0.3, 0.4) is 0 Å².